The van der Waals surface area contributed by atoms with Gasteiger partial charge >= 0.3 is 6.18 Å². The van der Waals surface area contributed by atoms with Crippen LogP contribution in [-0.4, -0.2) is 17.7 Å². The molecule has 0 aliphatic heterocycles. The Kier molecular flexibility index (Phi) is 4.08. The Morgan fingerprint density at radius 1 is 1.40 bits per heavy atom. The molecule has 0 bridgehead atoms. The van der Waals surface area contributed by atoms with E-state index in [1.54, 1.807) is 12.1 Å². The van der Waals surface area contributed by atoms with Gasteiger partial charge in [-0.1, -0.05) is 6.07 Å². The first-order valence-electron chi connectivity index (χ1n) is 4.69. The van der Waals surface area contributed by atoms with Crippen LogP contribution in [0.1, 0.15) is 24.3 Å². The van der Waals surface area contributed by atoms with Crippen LogP contribution in [0.2, 0.25) is 0 Å². The average Bonchev–Trinajstić information content (AvgIpc) is 2.17. The van der Waals surface area contributed by atoms with Crippen molar-refractivity contribution in [3.05, 3.63) is 30.1 Å². The lowest BCUT2D eigenvalue weighted by Gasteiger charge is -2.17. The molecule has 0 amide bonds. The van der Waals surface area contributed by atoms with Gasteiger partial charge in [-0.05, 0) is 30.5 Å². The molecular weight excluding hydrogens is 205 g/mol. The normalized spacial score (nSPS) is 13.9. The highest BCUT2D eigenvalue weighted by Crippen LogP contribution is 2.32. The van der Waals surface area contributed by atoms with E-state index in [4.69, 9.17) is 5.73 Å². The Bertz CT molecular complexity index is 284. The van der Waals surface area contributed by atoms with Crippen molar-refractivity contribution in [3.63, 3.8) is 0 Å². The van der Waals surface area contributed by atoms with Crippen molar-refractivity contribution in [2.45, 2.75) is 24.9 Å². The van der Waals surface area contributed by atoms with Gasteiger partial charge in [-0.3, -0.25) is 4.98 Å². The van der Waals surface area contributed by atoms with Crippen molar-refractivity contribution in [3.8, 4) is 0 Å². The molecule has 84 valence electrons. The summed E-state index contributed by atoms with van der Waals surface area (Å²) >= 11 is 0. The fraction of sp³-hybridized carbons (Fsp3) is 0.500. The molecule has 0 radical (unpaired) electrons. The van der Waals surface area contributed by atoms with Crippen molar-refractivity contribution in [2.24, 2.45) is 5.73 Å². The predicted molar refractivity (Wildman–Crippen MR) is 51.3 cm³/mol. The summed E-state index contributed by atoms with van der Waals surface area (Å²) in [4.78, 5) is 3.81. The van der Waals surface area contributed by atoms with E-state index in [1.165, 1.54) is 12.4 Å². The van der Waals surface area contributed by atoms with E-state index in [-0.39, 0.29) is 6.54 Å². The van der Waals surface area contributed by atoms with E-state index < -0.39 is 18.5 Å². The SMILES string of the molecule is NCCC(CC(F)(F)F)c1cccnc1. The lowest BCUT2D eigenvalue weighted by Crippen LogP contribution is -2.17. The topological polar surface area (TPSA) is 38.9 Å². The summed E-state index contributed by atoms with van der Waals surface area (Å²) in [6, 6.07) is 3.29. The van der Waals surface area contributed by atoms with Gasteiger partial charge in [0.15, 0.2) is 0 Å². The molecule has 0 aromatic carbocycles. The summed E-state index contributed by atoms with van der Waals surface area (Å²) in [5.74, 6) is -0.580. The van der Waals surface area contributed by atoms with Gasteiger partial charge in [0, 0.05) is 12.4 Å². The molecule has 2 nitrogen and oxygen atoms in total. The Morgan fingerprint density at radius 2 is 2.13 bits per heavy atom. The van der Waals surface area contributed by atoms with Gasteiger partial charge < -0.3 is 5.73 Å². The maximum atomic E-state index is 12.3. The molecule has 1 aromatic heterocycles. The molecule has 5 heteroatoms. The molecule has 1 aromatic rings. The third-order valence-electron chi connectivity index (χ3n) is 2.15. The van der Waals surface area contributed by atoms with Gasteiger partial charge in [0.1, 0.15) is 0 Å². The number of aromatic nitrogens is 1. The molecule has 1 rings (SSSR count). The molecule has 1 unspecified atom stereocenters. The maximum absolute atomic E-state index is 12.3. The van der Waals surface area contributed by atoms with Crippen LogP contribution in [0, 0.1) is 0 Å². The van der Waals surface area contributed by atoms with Crippen molar-refractivity contribution in [2.75, 3.05) is 6.54 Å². The highest BCUT2D eigenvalue weighted by molar-refractivity contribution is 5.14. The van der Waals surface area contributed by atoms with E-state index in [1.807, 2.05) is 0 Å². The highest BCUT2D eigenvalue weighted by atomic mass is 19.4. The average molecular weight is 218 g/mol. The largest absolute Gasteiger partial charge is 0.389 e. The van der Waals surface area contributed by atoms with Gasteiger partial charge in [0.25, 0.3) is 0 Å². The molecule has 1 atom stereocenters. The van der Waals surface area contributed by atoms with E-state index in [0.29, 0.717) is 12.0 Å². The van der Waals surface area contributed by atoms with Crippen LogP contribution >= 0.6 is 0 Å². The molecule has 15 heavy (non-hydrogen) atoms. The van der Waals surface area contributed by atoms with Crippen LogP contribution in [0.5, 0.6) is 0 Å². The Balaban J connectivity index is 2.75. The summed E-state index contributed by atoms with van der Waals surface area (Å²) in [6.45, 7) is 0.246. The zero-order chi connectivity index (χ0) is 11.3. The summed E-state index contributed by atoms with van der Waals surface area (Å²) < 4.78 is 36.8. The van der Waals surface area contributed by atoms with E-state index in [0.717, 1.165) is 0 Å². The van der Waals surface area contributed by atoms with Crippen LogP contribution in [0.25, 0.3) is 0 Å². The third-order valence-corrected chi connectivity index (χ3v) is 2.15. The van der Waals surface area contributed by atoms with Crippen molar-refractivity contribution in [1.29, 1.82) is 0 Å². The Morgan fingerprint density at radius 3 is 2.60 bits per heavy atom. The predicted octanol–water partition coefficient (Wildman–Crippen LogP) is 2.47. The van der Waals surface area contributed by atoms with E-state index in [2.05, 4.69) is 4.98 Å². The minimum Gasteiger partial charge on any atom is -0.330 e. The Hall–Kier alpha value is -1.10. The van der Waals surface area contributed by atoms with Crippen LogP contribution in [0.3, 0.4) is 0 Å². The van der Waals surface area contributed by atoms with Crippen LogP contribution < -0.4 is 5.73 Å². The fourth-order valence-electron chi connectivity index (χ4n) is 1.48. The highest BCUT2D eigenvalue weighted by Gasteiger charge is 2.32. The Labute approximate surface area is 86.3 Å². The smallest absolute Gasteiger partial charge is 0.330 e. The zero-order valence-electron chi connectivity index (χ0n) is 8.17. The summed E-state index contributed by atoms with van der Waals surface area (Å²) in [7, 11) is 0. The quantitative estimate of drug-likeness (QED) is 0.843. The summed E-state index contributed by atoms with van der Waals surface area (Å²) in [5, 5.41) is 0. The van der Waals surface area contributed by atoms with E-state index in [9.17, 15) is 13.2 Å². The maximum Gasteiger partial charge on any atom is 0.389 e. The number of rotatable bonds is 4. The molecule has 2 N–H and O–H groups in total. The molecule has 0 fully saturated rings. The van der Waals surface area contributed by atoms with Gasteiger partial charge in [-0.15, -0.1) is 0 Å². The van der Waals surface area contributed by atoms with Crippen molar-refractivity contribution < 1.29 is 13.2 Å². The van der Waals surface area contributed by atoms with Gasteiger partial charge in [0.2, 0.25) is 0 Å². The summed E-state index contributed by atoms with van der Waals surface area (Å²) in [6.07, 6.45) is -1.67. The first-order valence-corrected chi connectivity index (χ1v) is 4.69. The second kappa shape index (κ2) is 5.11. The molecule has 0 spiro atoms. The third kappa shape index (κ3) is 4.29. The fourth-order valence-corrected chi connectivity index (χ4v) is 1.48. The minimum atomic E-state index is -4.16. The van der Waals surface area contributed by atoms with Crippen molar-refractivity contribution in [1.82, 2.24) is 4.98 Å². The minimum absolute atomic E-state index is 0.246. The monoisotopic (exact) mass is 218 g/mol. The number of pyridine rings is 1. The van der Waals surface area contributed by atoms with Gasteiger partial charge in [-0.25, -0.2) is 0 Å². The number of alkyl halides is 3. The van der Waals surface area contributed by atoms with Gasteiger partial charge in [0.05, 0.1) is 6.42 Å². The standard InChI is InChI=1S/C10H13F3N2/c11-10(12,13)6-8(3-4-14)9-2-1-5-15-7-9/h1-2,5,7-8H,3-4,6,14H2. The second-order valence-electron chi connectivity index (χ2n) is 3.38. The van der Waals surface area contributed by atoms with Crippen LogP contribution in [0.4, 0.5) is 13.2 Å². The molecule has 0 saturated heterocycles. The first kappa shape index (κ1) is 12.0. The molecular formula is C10H13F3N2. The number of hydrogen-bond donors (Lipinski definition) is 1. The molecule has 0 aliphatic rings. The van der Waals surface area contributed by atoms with Crippen molar-refractivity contribution >= 4 is 0 Å². The molecule has 0 aliphatic carbocycles. The molecule has 1 heterocycles. The lowest BCUT2D eigenvalue weighted by atomic mass is 9.94. The van der Waals surface area contributed by atoms with Crippen LogP contribution in [0.15, 0.2) is 24.5 Å². The molecule has 0 saturated carbocycles. The second-order valence-corrected chi connectivity index (χ2v) is 3.38. The zero-order valence-corrected chi connectivity index (χ0v) is 8.17. The number of halogens is 3. The van der Waals surface area contributed by atoms with Crippen LogP contribution in [-0.2, 0) is 0 Å². The van der Waals surface area contributed by atoms with E-state index >= 15 is 0 Å². The number of hydrogen-bond acceptors (Lipinski definition) is 2. The summed E-state index contributed by atoms with van der Waals surface area (Å²) in [5.41, 5.74) is 5.90. The number of nitrogens with zero attached hydrogens (tertiary/aromatic N) is 1. The first-order chi connectivity index (χ1) is 7.03. The lowest BCUT2D eigenvalue weighted by molar-refractivity contribution is -0.139. The van der Waals surface area contributed by atoms with Gasteiger partial charge in [-0.2, -0.15) is 13.2 Å². The number of nitrogens with two attached hydrogens (primary N) is 1.